The molecule has 1 rings (SSSR count). The van der Waals surface area contributed by atoms with Crippen LogP contribution in [0.1, 0.15) is 48.0 Å². The molecule has 9 nitrogen and oxygen atoms in total. The number of carboxylic acids is 1. The number of nitrogens with one attached hydrogen (secondary N) is 1. The predicted octanol–water partition coefficient (Wildman–Crippen LogP) is 1.99. The van der Waals surface area contributed by atoms with Crippen molar-refractivity contribution in [2.45, 2.75) is 71.3 Å². The SMILES string of the molecule is CC(C)(C)OC(=O)NCCO[C@H]1C[C@@H](C(=O)O)N(C(=O)OC(C)(C)C)C1. The molecule has 0 radical (unpaired) electrons. The lowest BCUT2D eigenvalue weighted by molar-refractivity contribution is -0.142. The average Bonchev–Trinajstić information content (AvgIpc) is 2.84. The first-order chi connectivity index (χ1) is 11.8. The van der Waals surface area contributed by atoms with Crippen molar-refractivity contribution >= 4 is 18.2 Å². The summed E-state index contributed by atoms with van der Waals surface area (Å²) in [6.07, 6.45) is -1.50. The van der Waals surface area contributed by atoms with E-state index in [1.807, 2.05) is 0 Å². The number of carbonyl (C=O) groups excluding carboxylic acids is 2. The quantitative estimate of drug-likeness (QED) is 0.707. The maximum absolute atomic E-state index is 12.2. The lowest BCUT2D eigenvalue weighted by Crippen LogP contribution is -2.43. The number of alkyl carbamates (subject to hydrolysis) is 1. The van der Waals surface area contributed by atoms with E-state index in [-0.39, 0.29) is 26.1 Å². The van der Waals surface area contributed by atoms with Crippen molar-refractivity contribution in [1.29, 1.82) is 0 Å². The van der Waals surface area contributed by atoms with Gasteiger partial charge in [-0.25, -0.2) is 14.4 Å². The normalized spacial score (nSPS) is 20.6. The van der Waals surface area contributed by atoms with Crippen LogP contribution in [-0.2, 0) is 19.0 Å². The summed E-state index contributed by atoms with van der Waals surface area (Å²) in [4.78, 5) is 36.3. The number of hydrogen-bond donors (Lipinski definition) is 2. The van der Waals surface area contributed by atoms with Gasteiger partial charge < -0.3 is 24.6 Å². The van der Waals surface area contributed by atoms with Crippen LogP contribution in [0.3, 0.4) is 0 Å². The molecule has 0 aromatic heterocycles. The Balaban J connectivity index is 2.46. The zero-order valence-electron chi connectivity index (χ0n) is 16.3. The summed E-state index contributed by atoms with van der Waals surface area (Å²) < 4.78 is 15.9. The zero-order chi connectivity index (χ0) is 20.1. The molecular formula is C17H30N2O7. The monoisotopic (exact) mass is 374 g/mol. The average molecular weight is 374 g/mol. The Morgan fingerprint density at radius 2 is 1.65 bits per heavy atom. The Labute approximate surface area is 154 Å². The molecule has 0 spiro atoms. The number of likely N-dealkylation sites (tertiary alicyclic amines) is 1. The van der Waals surface area contributed by atoms with Gasteiger partial charge in [0.1, 0.15) is 17.2 Å². The summed E-state index contributed by atoms with van der Waals surface area (Å²) in [5.41, 5.74) is -1.30. The maximum Gasteiger partial charge on any atom is 0.411 e. The second kappa shape index (κ2) is 8.57. The van der Waals surface area contributed by atoms with Crippen molar-refractivity contribution in [1.82, 2.24) is 10.2 Å². The largest absolute Gasteiger partial charge is 0.480 e. The Hall–Kier alpha value is -2.03. The maximum atomic E-state index is 12.2. The number of rotatable bonds is 5. The van der Waals surface area contributed by atoms with Crippen LogP contribution in [0.4, 0.5) is 9.59 Å². The second-order valence-corrected chi connectivity index (χ2v) is 8.14. The van der Waals surface area contributed by atoms with E-state index in [4.69, 9.17) is 14.2 Å². The fraction of sp³-hybridized carbons (Fsp3) is 0.824. The molecule has 1 fully saturated rings. The standard InChI is InChI=1S/C17H30N2O7/c1-16(2,3)25-14(22)18-7-8-24-11-9-12(13(20)21)19(10-11)15(23)26-17(4,5)6/h11-12H,7-10H2,1-6H3,(H,18,22)(H,20,21)/t11-,12-/m0/s1. The summed E-state index contributed by atoms with van der Waals surface area (Å²) >= 11 is 0. The molecular weight excluding hydrogens is 344 g/mol. The molecule has 0 unspecified atom stereocenters. The van der Waals surface area contributed by atoms with Gasteiger partial charge in [-0.1, -0.05) is 0 Å². The molecule has 2 amide bonds. The van der Waals surface area contributed by atoms with Gasteiger partial charge in [0.2, 0.25) is 0 Å². The first-order valence-corrected chi connectivity index (χ1v) is 8.59. The zero-order valence-corrected chi connectivity index (χ0v) is 16.3. The highest BCUT2D eigenvalue weighted by atomic mass is 16.6. The Morgan fingerprint density at radius 3 is 2.15 bits per heavy atom. The second-order valence-electron chi connectivity index (χ2n) is 8.14. The molecule has 1 heterocycles. The summed E-state index contributed by atoms with van der Waals surface area (Å²) in [6, 6.07) is -0.992. The van der Waals surface area contributed by atoms with Crippen molar-refractivity contribution < 1.29 is 33.7 Å². The Kier molecular flexibility index (Phi) is 7.25. The molecule has 0 aromatic carbocycles. The van der Waals surface area contributed by atoms with Crippen molar-refractivity contribution in [3.8, 4) is 0 Å². The number of nitrogens with zero attached hydrogens (tertiary/aromatic N) is 1. The molecule has 0 bridgehead atoms. The summed E-state index contributed by atoms with van der Waals surface area (Å²) in [5.74, 6) is -1.10. The molecule has 2 atom stereocenters. The van der Waals surface area contributed by atoms with E-state index in [1.54, 1.807) is 41.5 Å². The number of amides is 2. The fourth-order valence-electron chi connectivity index (χ4n) is 2.37. The van der Waals surface area contributed by atoms with E-state index in [0.29, 0.717) is 0 Å². The van der Waals surface area contributed by atoms with Crippen LogP contribution < -0.4 is 5.32 Å². The summed E-state index contributed by atoms with van der Waals surface area (Å²) in [7, 11) is 0. The van der Waals surface area contributed by atoms with E-state index in [2.05, 4.69) is 5.32 Å². The first kappa shape index (κ1) is 22.0. The molecule has 26 heavy (non-hydrogen) atoms. The molecule has 2 N–H and O–H groups in total. The number of aliphatic carboxylic acids is 1. The number of carbonyl (C=O) groups is 3. The van der Waals surface area contributed by atoms with E-state index >= 15 is 0 Å². The van der Waals surface area contributed by atoms with E-state index in [9.17, 15) is 19.5 Å². The van der Waals surface area contributed by atoms with Gasteiger partial charge in [-0.15, -0.1) is 0 Å². The van der Waals surface area contributed by atoms with Gasteiger partial charge in [0, 0.05) is 13.0 Å². The van der Waals surface area contributed by atoms with E-state index < -0.39 is 41.5 Å². The van der Waals surface area contributed by atoms with Crippen LogP contribution in [0.5, 0.6) is 0 Å². The first-order valence-electron chi connectivity index (χ1n) is 8.59. The highest BCUT2D eigenvalue weighted by Gasteiger charge is 2.42. The Morgan fingerprint density at radius 1 is 1.08 bits per heavy atom. The van der Waals surface area contributed by atoms with Crippen molar-refractivity contribution in [2.75, 3.05) is 19.7 Å². The Bertz CT molecular complexity index is 522. The third kappa shape index (κ3) is 7.90. The fourth-order valence-corrected chi connectivity index (χ4v) is 2.37. The van der Waals surface area contributed by atoms with Gasteiger partial charge in [-0.2, -0.15) is 0 Å². The molecule has 150 valence electrons. The minimum absolute atomic E-state index is 0.123. The molecule has 1 aliphatic heterocycles. The molecule has 0 aliphatic carbocycles. The third-order valence-corrected chi connectivity index (χ3v) is 3.30. The van der Waals surface area contributed by atoms with Crippen LogP contribution in [0.2, 0.25) is 0 Å². The minimum Gasteiger partial charge on any atom is -0.480 e. The summed E-state index contributed by atoms with van der Waals surface area (Å²) in [6.45, 7) is 11.0. The predicted molar refractivity (Wildman–Crippen MR) is 93.0 cm³/mol. The van der Waals surface area contributed by atoms with Crippen molar-refractivity contribution in [3.63, 3.8) is 0 Å². The highest BCUT2D eigenvalue weighted by Crippen LogP contribution is 2.23. The van der Waals surface area contributed by atoms with Gasteiger partial charge in [0.15, 0.2) is 0 Å². The van der Waals surface area contributed by atoms with Gasteiger partial charge in [0.25, 0.3) is 0 Å². The molecule has 0 aromatic rings. The topological polar surface area (TPSA) is 114 Å². The lowest BCUT2D eigenvalue weighted by Gasteiger charge is -2.26. The van der Waals surface area contributed by atoms with Crippen LogP contribution >= 0.6 is 0 Å². The van der Waals surface area contributed by atoms with Crippen LogP contribution in [0.25, 0.3) is 0 Å². The molecule has 1 saturated heterocycles. The smallest absolute Gasteiger partial charge is 0.411 e. The van der Waals surface area contributed by atoms with Gasteiger partial charge in [-0.3, -0.25) is 4.90 Å². The van der Waals surface area contributed by atoms with Crippen LogP contribution in [-0.4, -0.2) is 71.2 Å². The third-order valence-electron chi connectivity index (χ3n) is 3.30. The molecule has 0 saturated carbocycles. The van der Waals surface area contributed by atoms with E-state index in [0.717, 1.165) is 0 Å². The van der Waals surface area contributed by atoms with Gasteiger partial charge >= 0.3 is 18.2 Å². The van der Waals surface area contributed by atoms with Gasteiger partial charge in [0.05, 0.1) is 19.3 Å². The van der Waals surface area contributed by atoms with E-state index in [1.165, 1.54) is 4.90 Å². The van der Waals surface area contributed by atoms with Crippen molar-refractivity contribution in [3.05, 3.63) is 0 Å². The highest BCUT2D eigenvalue weighted by molar-refractivity contribution is 5.81. The van der Waals surface area contributed by atoms with Crippen LogP contribution in [0, 0.1) is 0 Å². The number of hydrogen-bond acceptors (Lipinski definition) is 6. The molecule has 1 aliphatic rings. The number of carboxylic acid groups (broad SMARTS) is 1. The summed E-state index contributed by atoms with van der Waals surface area (Å²) in [5, 5.41) is 11.9. The van der Waals surface area contributed by atoms with Crippen LogP contribution in [0.15, 0.2) is 0 Å². The van der Waals surface area contributed by atoms with Crippen molar-refractivity contribution in [2.24, 2.45) is 0 Å². The lowest BCUT2D eigenvalue weighted by atomic mass is 10.2. The van der Waals surface area contributed by atoms with Gasteiger partial charge in [-0.05, 0) is 41.5 Å². The number of ether oxygens (including phenoxy) is 3. The minimum atomic E-state index is -1.10. The molecule has 9 heteroatoms.